The van der Waals surface area contributed by atoms with Gasteiger partial charge in [-0.2, -0.15) is 9.78 Å². The fourth-order valence-corrected chi connectivity index (χ4v) is 4.31. The van der Waals surface area contributed by atoms with Crippen LogP contribution in [0, 0.1) is 6.92 Å². The first kappa shape index (κ1) is 19.4. The number of anilines is 1. The SMILES string of the molecule is CCOc1cccc2sc(-n3nc(C)cc3NC(=O)C3COc4ccccc4O3)nc12. The van der Waals surface area contributed by atoms with Crippen LogP contribution < -0.4 is 19.5 Å². The number of rotatable bonds is 5. The molecule has 0 aliphatic carbocycles. The van der Waals surface area contributed by atoms with E-state index in [0.717, 1.165) is 21.7 Å². The molecule has 2 aromatic heterocycles. The first-order chi connectivity index (χ1) is 15.1. The van der Waals surface area contributed by atoms with E-state index < -0.39 is 6.10 Å². The highest BCUT2D eigenvalue weighted by atomic mass is 32.1. The molecule has 9 heteroatoms. The lowest BCUT2D eigenvalue weighted by Crippen LogP contribution is -2.40. The maximum absolute atomic E-state index is 12.9. The predicted molar refractivity (Wildman–Crippen MR) is 118 cm³/mol. The number of aromatic nitrogens is 3. The number of hydrogen-bond acceptors (Lipinski definition) is 7. The summed E-state index contributed by atoms with van der Waals surface area (Å²) in [5.41, 5.74) is 1.53. The first-order valence-corrected chi connectivity index (χ1v) is 10.7. The van der Waals surface area contributed by atoms with Crippen molar-refractivity contribution in [3.05, 3.63) is 54.2 Å². The van der Waals surface area contributed by atoms with E-state index in [1.54, 1.807) is 16.8 Å². The second-order valence-corrected chi connectivity index (χ2v) is 7.98. The number of hydrogen-bond donors (Lipinski definition) is 1. The third-order valence-electron chi connectivity index (χ3n) is 4.74. The zero-order valence-corrected chi connectivity index (χ0v) is 17.8. The van der Waals surface area contributed by atoms with Gasteiger partial charge in [0.05, 0.1) is 17.0 Å². The van der Waals surface area contributed by atoms with Gasteiger partial charge in [-0.1, -0.05) is 29.5 Å². The quantitative estimate of drug-likeness (QED) is 0.509. The largest absolute Gasteiger partial charge is 0.492 e. The van der Waals surface area contributed by atoms with Crippen molar-refractivity contribution in [1.29, 1.82) is 0 Å². The monoisotopic (exact) mass is 436 g/mol. The molecule has 1 N–H and O–H groups in total. The van der Waals surface area contributed by atoms with Crippen LogP contribution in [0.15, 0.2) is 48.5 Å². The highest BCUT2D eigenvalue weighted by molar-refractivity contribution is 7.20. The molecule has 0 spiro atoms. The number of aryl methyl sites for hydroxylation is 1. The summed E-state index contributed by atoms with van der Waals surface area (Å²) < 4.78 is 19.8. The molecule has 1 atom stereocenters. The van der Waals surface area contributed by atoms with Gasteiger partial charge >= 0.3 is 0 Å². The van der Waals surface area contributed by atoms with E-state index in [1.165, 1.54) is 11.3 Å². The highest BCUT2D eigenvalue weighted by Crippen LogP contribution is 2.33. The van der Waals surface area contributed by atoms with Gasteiger partial charge in [-0.05, 0) is 38.1 Å². The first-order valence-electron chi connectivity index (χ1n) is 9.91. The summed E-state index contributed by atoms with van der Waals surface area (Å²) >= 11 is 1.47. The number of carbonyl (C=O) groups is 1. The summed E-state index contributed by atoms with van der Waals surface area (Å²) in [6.45, 7) is 4.49. The fraction of sp³-hybridized carbons (Fsp3) is 0.227. The average molecular weight is 436 g/mol. The van der Waals surface area contributed by atoms with Gasteiger partial charge in [0.25, 0.3) is 5.91 Å². The minimum Gasteiger partial charge on any atom is -0.492 e. The minimum atomic E-state index is -0.765. The van der Waals surface area contributed by atoms with Crippen LogP contribution in [0.4, 0.5) is 5.82 Å². The number of carbonyl (C=O) groups excluding carboxylic acids is 1. The Labute approximate surface area is 182 Å². The summed E-state index contributed by atoms with van der Waals surface area (Å²) in [7, 11) is 0. The molecule has 0 fully saturated rings. The molecule has 1 aliphatic rings. The Hall–Kier alpha value is -3.59. The van der Waals surface area contributed by atoms with Crippen molar-refractivity contribution in [3.8, 4) is 22.4 Å². The topological polar surface area (TPSA) is 87.5 Å². The molecule has 0 saturated heterocycles. The van der Waals surface area contributed by atoms with Crippen LogP contribution in [0.1, 0.15) is 12.6 Å². The molecule has 3 heterocycles. The van der Waals surface area contributed by atoms with E-state index >= 15 is 0 Å². The van der Waals surface area contributed by atoms with Crippen LogP contribution in [-0.2, 0) is 4.79 Å². The van der Waals surface area contributed by atoms with Crippen molar-refractivity contribution in [2.45, 2.75) is 20.0 Å². The Morgan fingerprint density at radius 2 is 2.10 bits per heavy atom. The van der Waals surface area contributed by atoms with Crippen molar-refractivity contribution in [2.24, 2.45) is 0 Å². The lowest BCUT2D eigenvalue weighted by atomic mass is 10.2. The van der Waals surface area contributed by atoms with Gasteiger partial charge in [-0.15, -0.1) is 0 Å². The number of nitrogens with zero attached hydrogens (tertiary/aromatic N) is 3. The van der Waals surface area contributed by atoms with Crippen LogP contribution in [0.5, 0.6) is 17.2 Å². The summed E-state index contributed by atoms with van der Waals surface area (Å²) in [5, 5.41) is 8.07. The van der Waals surface area contributed by atoms with E-state index in [1.807, 2.05) is 50.2 Å². The van der Waals surface area contributed by atoms with Crippen LogP contribution in [0.2, 0.25) is 0 Å². The second kappa shape index (κ2) is 7.92. The molecule has 8 nitrogen and oxygen atoms in total. The lowest BCUT2D eigenvalue weighted by molar-refractivity contribution is -0.125. The van der Waals surface area contributed by atoms with Crippen molar-refractivity contribution in [3.63, 3.8) is 0 Å². The van der Waals surface area contributed by atoms with E-state index in [0.29, 0.717) is 29.1 Å². The van der Waals surface area contributed by atoms with Crippen molar-refractivity contribution < 1.29 is 19.0 Å². The molecule has 0 saturated carbocycles. The van der Waals surface area contributed by atoms with Crippen LogP contribution in [-0.4, -0.2) is 40.0 Å². The molecule has 1 amide bonds. The summed E-state index contributed by atoms with van der Waals surface area (Å²) in [5.74, 6) is 2.11. The third-order valence-corrected chi connectivity index (χ3v) is 5.73. The van der Waals surface area contributed by atoms with E-state index in [-0.39, 0.29) is 12.5 Å². The summed E-state index contributed by atoms with van der Waals surface area (Å²) in [6, 6.07) is 14.9. The Kier molecular flexibility index (Phi) is 4.95. The Balaban J connectivity index is 1.42. The van der Waals surface area contributed by atoms with Crippen molar-refractivity contribution >= 4 is 33.3 Å². The molecule has 0 radical (unpaired) electrons. The van der Waals surface area contributed by atoms with Crippen molar-refractivity contribution in [2.75, 3.05) is 18.5 Å². The van der Waals surface area contributed by atoms with Crippen LogP contribution in [0.25, 0.3) is 15.3 Å². The molecule has 158 valence electrons. The van der Waals surface area contributed by atoms with Gasteiger partial charge < -0.3 is 19.5 Å². The maximum Gasteiger partial charge on any atom is 0.270 e. The number of amides is 1. The molecule has 4 aromatic rings. The Bertz CT molecular complexity index is 1270. The number of para-hydroxylation sites is 3. The second-order valence-electron chi connectivity index (χ2n) is 6.97. The van der Waals surface area contributed by atoms with Gasteiger partial charge in [0.2, 0.25) is 11.2 Å². The Morgan fingerprint density at radius 3 is 2.94 bits per heavy atom. The predicted octanol–water partition coefficient (Wildman–Crippen LogP) is 3.97. The van der Waals surface area contributed by atoms with Crippen molar-refractivity contribution in [1.82, 2.24) is 14.8 Å². The molecule has 0 bridgehead atoms. The summed E-state index contributed by atoms with van der Waals surface area (Å²) in [6.07, 6.45) is -0.765. The number of nitrogens with one attached hydrogen (secondary N) is 1. The molecular formula is C22H20N4O4S. The minimum absolute atomic E-state index is 0.134. The molecule has 31 heavy (non-hydrogen) atoms. The lowest BCUT2D eigenvalue weighted by Gasteiger charge is -2.25. The smallest absolute Gasteiger partial charge is 0.270 e. The zero-order valence-electron chi connectivity index (χ0n) is 17.0. The third kappa shape index (κ3) is 3.68. The van der Waals surface area contributed by atoms with Gasteiger partial charge in [-0.25, -0.2) is 4.98 Å². The molecular weight excluding hydrogens is 416 g/mol. The van der Waals surface area contributed by atoms with Gasteiger partial charge in [-0.3, -0.25) is 4.79 Å². The Morgan fingerprint density at radius 1 is 1.26 bits per heavy atom. The van der Waals surface area contributed by atoms with Crippen LogP contribution in [0.3, 0.4) is 0 Å². The van der Waals surface area contributed by atoms with Crippen LogP contribution >= 0.6 is 11.3 Å². The van der Waals surface area contributed by atoms with E-state index in [2.05, 4.69) is 10.4 Å². The number of benzene rings is 2. The molecule has 1 aliphatic heterocycles. The molecule has 2 aromatic carbocycles. The molecule has 1 unspecified atom stereocenters. The highest BCUT2D eigenvalue weighted by Gasteiger charge is 2.28. The van der Waals surface area contributed by atoms with Gasteiger partial charge in [0.15, 0.2) is 11.5 Å². The zero-order chi connectivity index (χ0) is 21.4. The standard InChI is InChI=1S/C22H20N4O4S/c1-3-28-16-9-6-10-18-20(16)24-22(31-18)26-19(11-13(2)25-26)23-21(27)17-12-29-14-7-4-5-8-15(14)30-17/h4-11,17H,3,12H2,1-2H3,(H,23,27). The number of fused-ring (bicyclic) bond motifs is 2. The number of thiazole rings is 1. The van der Waals surface area contributed by atoms with Gasteiger partial charge in [0.1, 0.15) is 23.7 Å². The normalized spacial score (nSPS) is 15.1. The summed E-state index contributed by atoms with van der Waals surface area (Å²) in [4.78, 5) is 17.6. The van der Waals surface area contributed by atoms with E-state index in [4.69, 9.17) is 19.2 Å². The average Bonchev–Trinajstić information content (AvgIpc) is 3.37. The molecule has 5 rings (SSSR count). The van der Waals surface area contributed by atoms with E-state index in [9.17, 15) is 4.79 Å². The maximum atomic E-state index is 12.9. The fourth-order valence-electron chi connectivity index (χ4n) is 3.36. The number of ether oxygens (including phenoxy) is 3. The van der Waals surface area contributed by atoms with Gasteiger partial charge in [0, 0.05) is 6.07 Å².